The van der Waals surface area contributed by atoms with Gasteiger partial charge in [0, 0.05) is 25.1 Å². The molecule has 3 atom stereocenters. The number of unbranched alkanes of at least 4 members (excludes halogenated alkanes) is 1. The first-order valence-electron chi connectivity index (χ1n) is 13.9. The van der Waals surface area contributed by atoms with Gasteiger partial charge in [0.1, 0.15) is 17.5 Å². The van der Waals surface area contributed by atoms with E-state index in [0.29, 0.717) is 49.6 Å². The molecule has 0 aliphatic heterocycles. The lowest BCUT2D eigenvalue weighted by atomic mass is 9.99. The summed E-state index contributed by atoms with van der Waals surface area (Å²) >= 11 is 0. The largest absolute Gasteiger partial charge is 0.494 e. The van der Waals surface area contributed by atoms with Crippen molar-refractivity contribution in [3.8, 4) is 11.5 Å². The first-order valence-corrected chi connectivity index (χ1v) is 13.9. The van der Waals surface area contributed by atoms with Crippen LogP contribution in [0.1, 0.15) is 64.5 Å². The van der Waals surface area contributed by atoms with E-state index >= 15 is 0 Å². The van der Waals surface area contributed by atoms with E-state index in [4.69, 9.17) is 14.6 Å². The van der Waals surface area contributed by atoms with Gasteiger partial charge in [-0.3, -0.25) is 14.9 Å². The molecule has 0 aromatic heterocycles. The highest BCUT2D eigenvalue weighted by atomic mass is 19.4. The lowest BCUT2D eigenvalue weighted by molar-refractivity contribution is -0.161. The number of alkyl halides is 3. The van der Waals surface area contributed by atoms with E-state index in [2.05, 4.69) is 16.0 Å². The number of carboxylic acids is 1. The molecule has 0 aliphatic rings. The fourth-order valence-electron chi connectivity index (χ4n) is 4.26. The Morgan fingerprint density at radius 1 is 1.05 bits per heavy atom. The minimum atomic E-state index is -4.58. The van der Waals surface area contributed by atoms with Gasteiger partial charge in [-0.1, -0.05) is 51.1 Å². The van der Waals surface area contributed by atoms with Crippen LogP contribution in [0.25, 0.3) is 0 Å². The van der Waals surface area contributed by atoms with Gasteiger partial charge in [0.15, 0.2) is 0 Å². The molecule has 0 unspecified atom stereocenters. The Balaban J connectivity index is 2.04. The molecule has 2 aromatic rings. The first kappa shape index (κ1) is 33.7. The van der Waals surface area contributed by atoms with Gasteiger partial charge in [-0.25, -0.2) is 0 Å². The second-order valence-electron chi connectivity index (χ2n) is 10.3. The number of anilines is 1. The molecule has 8 nitrogen and oxygen atoms in total. The van der Waals surface area contributed by atoms with Crippen LogP contribution in [0.5, 0.6) is 11.5 Å². The van der Waals surface area contributed by atoms with E-state index in [1.54, 1.807) is 36.4 Å². The normalized spacial score (nSPS) is 13.8. The number of carbonyl (C=O) groups is 2. The van der Waals surface area contributed by atoms with Gasteiger partial charge in [0.2, 0.25) is 5.91 Å². The van der Waals surface area contributed by atoms with Crippen molar-refractivity contribution >= 4 is 17.6 Å². The Hall–Kier alpha value is -3.47. The van der Waals surface area contributed by atoms with Crippen LogP contribution in [0.3, 0.4) is 0 Å². The van der Waals surface area contributed by atoms with E-state index in [-0.39, 0.29) is 30.4 Å². The Morgan fingerprint density at radius 3 is 2.34 bits per heavy atom. The van der Waals surface area contributed by atoms with Gasteiger partial charge in [0.05, 0.1) is 25.4 Å². The summed E-state index contributed by atoms with van der Waals surface area (Å²) in [4.78, 5) is 23.9. The molecule has 2 rings (SSSR count). The van der Waals surface area contributed by atoms with Crippen molar-refractivity contribution in [2.75, 3.05) is 25.6 Å². The van der Waals surface area contributed by atoms with Gasteiger partial charge in [-0.2, -0.15) is 13.2 Å². The van der Waals surface area contributed by atoms with Crippen LogP contribution in [0.2, 0.25) is 0 Å². The quantitative estimate of drug-likeness (QED) is 0.161. The van der Waals surface area contributed by atoms with Crippen molar-refractivity contribution < 1.29 is 37.3 Å². The zero-order valence-corrected chi connectivity index (χ0v) is 24.1. The molecule has 41 heavy (non-hydrogen) atoms. The number of carbonyl (C=O) groups excluding carboxylic acids is 1. The van der Waals surface area contributed by atoms with E-state index < -0.39 is 30.1 Å². The average Bonchev–Trinajstić information content (AvgIpc) is 2.92. The Kier molecular flexibility index (Phi) is 13.8. The van der Waals surface area contributed by atoms with Crippen molar-refractivity contribution in [3.05, 3.63) is 54.1 Å². The predicted octanol–water partition coefficient (Wildman–Crippen LogP) is 5.94. The van der Waals surface area contributed by atoms with Crippen molar-refractivity contribution in [3.63, 3.8) is 0 Å². The standard InChI is InChI=1S/C30H42F3N3O5/c1-5-22(19-34-24-15-14-23(18-26(24)40-4)41-16-10-9-13-27(37)38)35-29(39)25(17-20(2)3)36-28(30(31,32)33)21-11-7-6-8-12-21/h6-8,11-12,14-15,18,20,22,25,28,34,36H,5,9-10,13,16-17,19H2,1-4H3,(H,35,39)(H,37,38)/t22-,25-,28-/m0/s1. The minimum Gasteiger partial charge on any atom is -0.494 e. The molecule has 0 radical (unpaired) electrons. The van der Waals surface area contributed by atoms with Crippen LogP contribution >= 0.6 is 0 Å². The summed E-state index contributed by atoms with van der Waals surface area (Å²) in [6.07, 6.45) is -2.57. The highest BCUT2D eigenvalue weighted by molar-refractivity contribution is 5.82. The Bertz CT molecular complexity index is 1080. The molecule has 1 amide bonds. The number of ether oxygens (including phenoxy) is 2. The van der Waals surface area contributed by atoms with Gasteiger partial charge in [-0.15, -0.1) is 0 Å². The molecule has 0 aliphatic carbocycles. The summed E-state index contributed by atoms with van der Waals surface area (Å²) in [7, 11) is 1.52. The summed E-state index contributed by atoms with van der Waals surface area (Å²) in [5.74, 6) is -0.250. The highest BCUT2D eigenvalue weighted by Gasteiger charge is 2.43. The molecular weight excluding hydrogens is 539 g/mol. The lowest BCUT2D eigenvalue weighted by Gasteiger charge is -2.29. The minimum absolute atomic E-state index is 0.0109. The van der Waals surface area contributed by atoms with Crippen molar-refractivity contribution in [2.45, 2.75) is 77.2 Å². The fourth-order valence-corrected chi connectivity index (χ4v) is 4.26. The third-order valence-corrected chi connectivity index (χ3v) is 6.46. The number of halogens is 3. The third kappa shape index (κ3) is 11.9. The van der Waals surface area contributed by atoms with Crippen LogP contribution in [0.4, 0.5) is 18.9 Å². The summed E-state index contributed by atoms with van der Waals surface area (Å²) in [6, 6.07) is 9.41. The summed E-state index contributed by atoms with van der Waals surface area (Å²) in [5, 5.41) is 17.5. The lowest BCUT2D eigenvalue weighted by Crippen LogP contribution is -2.52. The molecule has 0 bridgehead atoms. The number of methoxy groups -OCH3 is 1. The zero-order chi connectivity index (χ0) is 30.4. The topological polar surface area (TPSA) is 109 Å². The van der Waals surface area contributed by atoms with Gasteiger partial charge in [0.25, 0.3) is 0 Å². The number of benzene rings is 2. The highest BCUT2D eigenvalue weighted by Crippen LogP contribution is 2.33. The van der Waals surface area contributed by atoms with Crippen molar-refractivity contribution in [2.24, 2.45) is 5.92 Å². The van der Waals surface area contributed by atoms with Crippen LogP contribution in [0.15, 0.2) is 48.5 Å². The smallest absolute Gasteiger partial charge is 0.407 e. The Morgan fingerprint density at radius 2 is 1.76 bits per heavy atom. The van der Waals surface area contributed by atoms with E-state index in [0.717, 1.165) is 0 Å². The first-order chi connectivity index (χ1) is 19.4. The monoisotopic (exact) mass is 581 g/mol. The maximum Gasteiger partial charge on any atom is 0.407 e. The second-order valence-corrected chi connectivity index (χ2v) is 10.3. The molecular formula is C30H42F3N3O5. The average molecular weight is 582 g/mol. The van der Waals surface area contributed by atoms with Crippen LogP contribution in [0, 0.1) is 5.92 Å². The second kappa shape index (κ2) is 16.7. The number of nitrogens with one attached hydrogen (secondary N) is 3. The number of aliphatic carboxylic acids is 1. The number of rotatable bonds is 18. The van der Waals surface area contributed by atoms with E-state index in [1.807, 2.05) is 20.8 Å². The fraction of sp³-hybridized carbons (Fsp3) is 0.533. The number of amides is 1. The third-order valence-electron chi connectivity index (χ3n) is 6.46. The van der Waals surface area contributed by atoms with Crippen LogP contribution in [-0.4, -0.2) is 55.5 Å². The maximum atomic E-state index is 14.0. The molecule has 0 saturated carbocycles. The SMILES string of the molecule is CC[C@@H](CNc1ccc(OCCCCC(=O)O)cc1OC)NC(=O)[C@H](CC(C)C)N[C@@H](c1ccccc1)C(F)(F)F. The van der Waals surface area contributed by atoms with E-state index in [9.17, 15) is 22.8 Å². The molecule has 0 spiro atoms. The number of carboxylic acid groups (broad SMARTS) is 1. The van der Waals surface area contributed by atoms with E-state index in [1.165, 1.54) is 19.2 Å². The zero-order valence-electron chi connectivity index (χ0n) is 24.1. The van der Waals surface area contributed by atoms with Crippen LogP contribution < -0.4 is 25.4 Å². The van der Waals surface area contributed by atoms with Crippen molar-refractivity contribution in [1.29, 1.82) is 0 Å². The van der Waals surface area contributed by atoms with Gasteiger partial charge in [-0.05, 0) is 49.3 Å². The number of hydrogen-bond acceptors (Lipinski definition) is 6. The van der Waals surface area contributed by atoms with Crippen LogP contribution in [-0.2, 0) is 9.59 Å². The molecule has 4 N–H and O–H groups in total. The molecule has 0 saturated heterocycles. The number of hydrogen-bond donors (Lipinski definition) is 4. The molecule has 2 aromatic carbocycles. The predicted molar refractivity (Wildman–Crippen MR) is 152 cm³/mol. The van der Waals surface area contributed by atoms with Gasteiger partial charge < -0.3 is 25.2 Å². The summed E-state index contributed by atoms with van der Waals surface area (Å²) in [6.45, 7) is 6.31. The Labute approximate surface area is 240 Å². The van der Waals surface area contributed by atoms with Crippen molar-refractivity contribution in [1.82, 2.24) is 10.6 Å². The van der Waals surface area contributed by atoms with Gasteiger partial charge >= 0.3 is 12.1 Å². The summed E-state index contributed by atoms with van der Waals surface area (Å²) in [5.41, 5.74) is 0.714. The molecule has 0 heterocycles. The summed E-state index contributed by atoms with van der Waals surface area (Å²) < 4.78 is 53.1. The maximum absolute atomic E-state index is 14.0. The molecule has 228 valence electrons. The molecule has 0 fully saturated rings. The molecule has 11 heteroatoms.